The molecule has 1 aliphatic heterocycles. The van der Waals surface area contributed by atoms with Gasteiger partial charge in [-0.25, -0.2) is 0 Å². The second-order valence-corrected chi connectivity index (χ2v) is 6.58. The Morgan fingerprint density at radius 1 is 1.29 bits per heavy atom. The van der Waals surface area contributed by atoms with Crippen LogP contribution in [0.15, 0.2) is 18.2 Å². The fraction of sp³-hybridized carbons (Fsp3) is 0.625. The molecule has 1 aliphatic rings. The van der Waals surface area contributed by atoms with Crippen LogP contribution in [0.25, 0.3) is 0 Å². The van der Waals surface area contributed by atoms with E-state index in [0.717, 1.165) is 31.7 Å². The molecule has 3 nitrogen and oxygen atoms in total. The monoisotopic (exact) mass is 329 g/mol. The molecule has 0 aliphatic carbocycles. The van der Waals surface area contributed by atoms with Crippen molar-refractivity contribution in [1.82, 2.24) is 9.80 Å². The molecule has 1 aromatic carbocycles. The Morgan fingerprint density at radius 2 is 1.95 bits per heavy atom. The molecular formula is C16H25Cl2N3. The van der Waals surface area contributed by atoms with Gasteiger partial charge in [-0.1, -0.05) is 36.2 Å². The topological polar surface area (TPSA) is 32.5 Å². The number of nitrogens with two attached hydrogens (primary N) is 1. The zero-order valence-corrected chi connectivity index (χ0v) is 14.4. The Labute approximate surface area is 138 Å². The lowest BCUT2D eigenvalue weighted by atomic mass is 10.0. The van der Waals surface area contributed by atoms with E-state index < -0.39 is 0 Å². The van der Waals surface area contributed by atoms with Gasteiger partial charge in [0.15, 0.2) is 0 Å². The highest BCUT2D eigenvalue weighted by molar-refractivity contribution is 6.36. The molecule has 118 valence electrons. The van der Waals surface area contributed by atoms with Gasteiger partial charge in [0.1, 0.15) is 0 Å². The van der Waals surface area contributed by atoms with E-state index in [0.29, 0.717) is 22.6 Å². The summed E-state index contributed by atoms with van der Waals surface area (Å²) in [5, 5.41) is 1.42. The van der Waals surface area contributed by atoms with Crippen LogP contribution in [0.4, 0.5) is 0 Å². The average Bonchev–Trinajstić information content (AvgIpc) is 2.45. The van der Waals surface area contributed by atoms with Crippen LogP contribution >= 0.6 is 23.2 Å². The van der Waals surface area contributed by atoms with Crippen LogP contribution in [0.3, 0.4) is 0 Å². The summed E-state index contributed by atoms with van der Waals surface area (Å²) in [5.41, 5.74) is 7.01. The van der Waals surface area contributed by atoms with Crippen LogP contribution in [0.1, 0.15) is 31.9 Å². The van der Waals surface area contributed by atoms with Crippen molar-refractivity contribution in [2.75, 3.05) is 32.7 Å². The van der Waals surface area contributed by atoms with Crippen LogP contribution in [-0.2, 0) is 0 Å². The highest BCUT2D eigenvalue weighted by Gasteiger charge is 2.30. The van der Waals surface area contributed by atoms with Gasteiger partial charge in [-0.3, -0.25) is 9.80 Å². The first-order valence-electron chi connectivity index (χ1n) is 7.70. The number of piperazine rings is 1. The van der Waals surface area contributed by atoms with E-state index in [9.17, 15) is 0 Å². The van der Waals surface area contributed by atoms with Crippen LogP contribution in [0, 0.1) is 0 Å². The molecule has 1 heterocycles. The van der Waals surface area contributed by atoms with Crippen molar-refractivity contribution in [3.63, 3.8) is 0 Å². The molecular weight excluding hydrogens is 305 g/mol. The Morgan fingerprint density at radius 3 is 2.48 bits per heavy atom. The summed E-state index contributed by atoms with van der Waals surface area (Å²) in [6, 6.07) is 6.29. The van der Waals surface area contributed by atoms with E-state index in [1.807, 2.05) is 18.2 Å². The first kappa shape index (κ1) is 17.0. The van der Waals surface area contributed by atoms with Gasteiger partial charge in [0, 0.05) is 47.8 Å². The van der Waals surface area contributed by atoms with E-state index in [1.165, 1.54) is 6.42 Å². The van der Waals surface area contributed by atoms with Crippen molar-refractivity contribution in [3.05, 3.63) is 33.8 Å². The normalized spacial score (nSPS) is 22.4. The van der Waals surface area contributed by atoms with Gasteiger partial charge in [0.2, 0.25) is 0 Å². The van der Waals surface area contributed by atoms with Crippen LogP contribution < -0.4 is 5.73 Å². The molecule has 0 bridgehead atoms. The number of hydrogen-bond donors (Lipinski definition) is 1. The molecule has 2 N–H and O–H groups in total. The maximum atomic E-state index is 6.36. The first-order chi connectivity index (χ1) is 10.1. The van der Waals surface area contributed by atoms with Crippen LogP contribution in [0.5, 0.6) is 0 Å². The quantitative estimate of drug-likeness (QED) is 0.898. The Kier molecular flexibility index (Phi) is 6.33. The lowest BCUT2D eigenvalue weighted by Crippen LogP contribution is -2.53. The standard InChI is InChI=1S/C16H25Cl2N3/c1-3-7-20-8-9-21(11-12(20)2)15(10-19)16-13(17)5-4-6-14(16)18/h4-6,12,15H,3,7-11,19H2,1-2H3. The number of nitrogens with zero attached hydrogens (tertiary/aromatic N) is 2. The minimum Gasteiger partial charge on any atom is -0.329 e. The molecule has 1 fully saturated rings. The van der Waals surface area contributed by atoms with Crippen molar-refractivity contribution in [2.45, 2.75) is 32.4 Å². The minimum absolute atomic E-state index is 0.0948. The van der Waals surface area contributed by atoms with Crippen LogP contribution in [0.2, 0.25) is 10.0 Å². The predicted molar refractivity (Wildman–Crippen MR) is 91.2 cm³/mol. The third-order valence-electron chi connectivity index (χ3n) is 4.30. The number of benzene rings is 1. The summed E-state index contributed by atoms with van der Waals surface area (Å²) >= 11 is 12.7. The Balaban J connectivity index is 2.16. The molecule has 5 heteroatoms. The van der Waals surface area contributed by atoms with Crippen molar-refractivity contribution >= 4 is 23.2 Å². The SMILES string of the molecule is CCCN1CCN(C(CN)c2c(Cl)cccc2Cl)CC1C. The molecule has 2 rings (SSSR count). The van der Waals surface area contributed by atoms with Crippen molar-refractivity contribution in [1.29, 1.82) is 0 Å². The van der Waals surface area contributed by atoms with Gasteiger partial charge < -0.3 is 5.73 Å². The van der Waals surface area contributed by atoms with Crippen LogP contribution in [-0.4, -0.2) is 48.6 Å². The highest BCUT2D eigenvalue weighted by Crippen LogP contribution is 2.34. The van der Waals surface area contributed by atoms with Gasteiger partial charge in [-0.2, -0.15) is 0 Å². The Hall–Kier alpha value is -0.320. The van der Waals surface area contributed by atoms with Gasteiger partial charge in [0.05, 0.1) is 6.04 Å². The molecule has 1 aromatic rings. The lowest BCUT2D eigenvalue weighted by Gasteiger charge is -2.43. The molecule has 0 radical (unpaired) electrons. The van der Waals surface area contributed by atoms with Gasteiger partial charge in [-0.05, 0) is 32.0 Å². The third-order valence-corrected chi connectivity index (χ3v) is 4.96. The van der Waals surface area contributed by atoms with Gasteiger partial charge in [0.25, 0.3) is 0 Å². The van der Waals surface area contributed by atoms with E-state index in [-0.39, 0.29) is 6.04 Å². The van der Waals surface area contributed by atoms with Crippen molar-refractivity contribution < 1.29 is 0 Å². The largest absolute Gasteiger partial charge is 0.329 e. The molecule has 2 unspecified atom stereocenters. The zero-order chi connectivity index (χ0) is 15.4. The van der Waals surface area contributed by atoms with Crippen molar-refractivity contribution in [2.24, 2.45) is 5.73 Å². The van der Waals surface area contributed by atoms with E-state index in [2.05, 4.69) is 23.6 Å². The first-order valence-corrected chi connectivity index (χ1v) is 8.46. The molecule has 0 spiro atoms. The molecule has 2 atom stereocenters. The summed E-state index contributed by atoms with van der Waals surface area (Å²) in [7, 11) is 0. The molecule has 0 saturated carbocycles. The summed E-state index contributed by atoms with van der Waals surface area (Å²) < 4.78 is 0. The molecule has 1 saturated heterocycles. The zero-order valence-electron chi connectivity index (χ0n) is 12.9. The summed E-state index contributed by atoms with van der Waals surface area (Å²) in [6.45, 7) is 9.29. The molecule has 21 heavy (non-hydrogen) atoms. The van der Waals surface area contributed by atoms with Gasteiger partial charge >= 0.3 is 0 Å². The summed E-state index contributed by atoms with van der Waals surface area (Å²) in [4.78, 5) is 4.96. The fourth-order valence-electron chi connectivity index (χ4n) is 3.20. The minimum atomic E-state index is 0.0948. The van der Waals surface area contributed by atoms with E-state index in [4.69, 9.17) is 28.9 Å². The third kappa shape index (κ3) is 3.91. The second-order valence-electron chi connectivity index (χ2n) is 5.77. The lowest BCUT2D eigenvalue weighted by molar-refractivity contribution is 0.0572. The Bertz CT molecular complexity index is 447. The second kappa shape index (κ2) is 7.80. The number of rotatable bonds is 5. The van der Waals surface area contributed by atoms with Gasteiger partial charge in [-0.15, -0.1) is 0 Å². The summed E-state index contributed by atoms with van der Waals surface area (Å²) in [6.07, 6.45) is 1.20. The number of hydrogen-bond acceptors (Lipinski definition) is 3. The summed E-state index contributed by atoms with van der Waals surface area (Å²) in [5.74, 6) is 0. The average molecular weight is 330 g/mol. The smallest absolute Gasteiger partial charge is 0.0501 e. The van der Waals surface area contributed by atoms with E-state index >= 15 is 0 Å². The maximum Gasteiger partial charge on any atom is 0.0501 e. The maximum absolute atomic E-state index is 6.36. The highest BCUT2D eigenvalue weighted by atomic mass is 35.5. The number of halogens is 2. The van der Waals surface area contributed by atoms with E-state index in [1.54, 1.807) is 0 Å². The van der Waals surface area contributed by atoms with Crippen molar-refractivity contribution in [3.8, 4) is 0 Å². The fourth-order valence-corrected chi connectivity index (χ4v) is 3.85. The molecule has 0 aromatic heterocycles. The predicted octanol–water partition coefficient (Wildman–Crippen LogP) is 3.41. The molecule has 0 amide bonds.